The third-order valence-corrected chi connectivity index (χ3v) is 3.68. The Kier molecular flexibility index (Phi) is 2.77. The van der Waals surface area contributed by atoms with Crippen LogP contribution in [0.25, 0.3) is 10.9 Å². The number of hydrogen-bond acceptors (Lipinski definition) is 2. The molecule has 3 heteroatoms. The summed E-state index contributed by atoms with van der Waals surface area (Å²) in [7, 11) is 0. The highest BCUT2D eigenvalue weighted by molar-refractivity contribution is 5.90. The van der Waals surface area contributed by atoms with Gasteiger partial charge < -0.3 is 16.0 Å². The maximum atomic E-state index is 5.94. The molecule has 0 unspecified atom stereocenters. The van der Waals surface area contributed by atoms with E-state index in [0.29, 0.717) is 6.04 Å². The number of para-hydroxylation sites is 1. The molecule has 1 aromatic carbocycles. The van der Waals surface area contributed by atoms with Crippen molar-refractivity contribution in [3.8, 4) is 0 Å². The van der Waals surface area contributed by atoms with Crippen LogP contribution in [-0.4, -0.2) is 11.0 Å². The van der Waals surface area contributed by atoms with Crippen LogP contribution < -0.4 is 11.1 Å². The van der Waals surface area contributed by atoms with Gasteiger partial charge in [-0.1, -0.05) is 25.0 Å². The molecule has 1 heterocycles. The number of H-pyrrole nitrogens is 1. The summed E-state index contributed by atoms with van der Waals surface area (Å²) in [6, 6.07) is 8.93. The summed E-state index contributed by atoms with van der Waals surface area (Å²) >= 11 is 0. The van der Waals surface area contributed by atoms with Crippen molar-refractivity contribution >= 4 is 16.6 Å². The van der Waals surface area contributed by atoms with Crippen molar-refractivity contribution in [1.82, 2.24) is 10.3 Å². The van der Waals surface area contributed by atoms with Gasteiger partial charge in [-0.25, -0.2) is 0 Å². The number of hydrogen-bond donors (Lipinski definition) is 3. The van der Waals surface area contributed by atoms with Crippen molar-refractivity contribution in [2.75, 3.05) is 5.73 Å². The molecule has 1 saturated carbocycles. The topological polar surface area (TPSA) is 53.8 Å². The predicted molar refractivity (Wildman–Crippen MR) is 71.8 cm³/mol. The van der Waals surface area contributed by atoms with Crippen LogP contribution in [0.5, 0.6) is 0 Å². The molecule has 1 fully saturated rings. The number of anilines is 1. The Morgan fingerprint density at radius 1 is 1.29 bits per heavy atom. The average Bonchev–Trinajstić information content (AvgIpc) is 2.95. The van der Waals surface area contributed by atoms with Crippen molar-refractivity contribution in [3.05, 3.63) is 30.0 Å². The third kappa shape index (κ3) is 2.15. The number of nitrogens with two attached hydrogens (primary N) is 1. The van der Waals surface area contributed by atoms with E-state index in [0.717, 1.165) is 17.7 Å². The summed E-state index contributed by atoms with van der Waals surface area (Å²) < 4.78 is 0. The Labute approximate surface area is 101 Å². The van der Waals surface area contributed by atoms with Gasteiger partial charge in [0.2, 0.25) is 0 Å². The van der Waals surface area contributed by atoms with Crippen LogP contribution in [0.1, 0.15) is 31.4 Å². The van der Waals surface area contributed by atoms with Gasteiger partial charge in [-0.15, -0.1) is 0 Å². The Morgan fingerprint density at radius 3 is 2.88 bits per heavy atom. The molecule has 1 aliphatic carbocycles. The zero-order chi connectivity index (χ0) is 11.7. The highest BCUT2D eigenvalue weighted by Gasteiger charge is 2.14. The summed E-state index contributed by atoms with van der Waals surface area (Å²) in [6.45, 7) is 0.915. The highest BCUT2D eigenvalue weighted by Crippen LogP contribution is 2.22. The van der Waals surface area contributed by atoms with Gasteiger partial charge in [0.05, 0.1) is 11.2 Å². The molecule has 3 nitrogen and oxygen atoms in total. The van der Waals surface area contributed by atoms with Crippen molar-refractivity contribution in [2.45, 2.75) is 38.3 Å². The fourth-order valence-corrected chi connectivity index (χ4v) is 2.72. The second kappa shape index (κ2) is 4.41. The number of aromatic amines is 1. The molecule has 1 aromatic heterocycles. The van der Waals surface area contributed by atoms with E-state index >= 15 is 0 Å². The number of fused-ring (bicyclic) bond motifs is 1. The van der Waals surface area contributed by atoms with Gasteiger partial charge in [0.15, 0.2) is 0 Å². The third-order valence-electron chi connectivity index (χ3n) is 3.68. The second-order valence-electron chi connectivity index (χ2n) is 4.97. The van der Waals surface area contributed by atoms with E-state index in [2.05, 4.69) is 22.4 Å². The molecule has 0 radical (unpaired) electrons. The number of nitrogens with one attached hydrogen (secondary N) is 2. The van der Waals surface area contributed by atoms with Crippen molar-refractivity contribution < 1.29 is 0 Å². The lowest BCUT2D eigenvalue weighted by molar-refractivity contribution is 0.520. The van der Waals surface area contributed by atoms with Gasteiger partial charge in [0.1, 0.15) is 0 Å². The fourth-order valence-electron chi connectivity index (χ4n) is 2.72. The molecule has 17 heavy (non-hydrogen) atoms. The minimum absolute atomic E-state index is 0.707. The standard InChI is InChI=1S/C14H19N3/c15-13-7-3-4-10-8-12(17-14(10)13)9-16-11-5-1-2-6-11/h3-4,7-8,11,16-17H,1-2,5-6,9,15H2. The molecule has 0 saturated heterocycles. The molecule has 0 atom stereocenters. The van der Waals surface area contributed by atoms with Crippen molar-refractivity contribution in [1.29, 1.82) is 0 Å². The van der Waals surface area contributed by atoms with Crippen molar-refractivity contribution in [3.63, 3.8) is 0 Å². The van der Waals surface area contributed by atoms with E-state index in [1.54, 1.807) is 0 Å². The molecular weight excluding hydrogens is 210 g/mol. The highest BCUT2D eigenvalue weighted by atomic mass is 14.9. The molecular formula is C14H19N3. The molecule has 0 aliphatic heterocycles. The van der Waals surface area contributed by atoms with E-state index in [1.165, 1.54) is 36.8 Å². The minimum Gasteiger partial charge on any atom is -0.397 e. The van der Waals surface area contributed by atoms with Gasteiger partial charge in [0.25, 0.3) is 0 Å². The van der Waals surface area contributed by atoms with E-state index in [4.69, 9.17) is 5.73 Å². The first kappa shape index (κ1) is 10.7. The van der Waals surface area contributed by atoms with Crippen LogP contribution in [0.2, 0.25) is 0 Å². The lowest BCUT2D eigenvalue weighted by Crippen LogP contribution is -2.25. The quantitative estimate of drug-likeness (QED) is 0.709. The molecule has 0 bridgehead atoms. The van der Waals surface area contributed by atoms with Crippen LogP contribution in [-0.2, 0) is 6.54 Å². The van der Waals surface area contributed by atoms with Gasteiger partial charge >= 0.3 is 0 Å². The monoisotopic (exact) mass is 229 g/mol. The lowest BCUT2D eigenvalue weighted by Gasteiger charge is -2.10. The smallest absolute Gasteiger partial charge is 0.0690 e. The number of nitrogen functional groups attached to an aromatic ring is 1. The number of rotatable bonds is 3. The summed E-state index contributed by atoms with van der Waals surface area (Å²) in [6.07, 6.45) is 5.39. The minimum atomic E-state index is 0.707. The summed E-state index contributed by atoms with van der Waals surface area (Å²) in [5, 5.41) is 4.81. The van der Waals surface area contributed by atoms with Gasteiger partial charge in [-0.05, 0) is 25.0 Å². The second-order valence-corrected chi connectivity index (χ2v) is 4.97. The summed E-state index contributed by atoms with van der Waals surface area (Å²) in [5.74, 6) is 0. The Hall–Kier alpha value is -1.48. The zero-order valence-electron chi connectivity index (χ0n) is 10.00. The molecule has 0 amide bonds. The first-order chi connectivity index (χ1) is 8.33. The first-order valence-corrected chi connectivity index (χ1v) is 6.42. The van der Waals surface area contributed by atoms with Crippen LogP contribution >= 0.6 is 0 Å². The van der Waals surface area contributed by atoms with Gasteiger partial charge in [0, 0.05) is 23.7 Å². The zero-order valence-corrected chi connectivity index (χ0v) is 10.00. The van der Waals surface area contributed by atoms with Gasteiger partial charge in [-0.2, -0.15) is 0 Å². The Bertz CT molecular complexity index is 509. The van der Waals surface area contributed by atoms with E-state index in [1.807, 2.05) is 12.1 Å². The van der Waals surface area contributed by atoms with Crippen molar-refractivity contribution in [2.24, 2.45) is 0 Å². The number of aromatic nitrogens is 1. The fraction of sp³-hybridized carbons (Fsp3) is 0.429. The average molecular weight is 229 g/mol. The Morgan fingerprint density at radius 2 is 2.12 bits per heavy atom. The molecule has 90 valence electrons. The predicted octanol–water partition coefficient (Wildman–Crippen LogP) is 2.78. The maximum Gasteiger partial charge on any atom is 0.0690 e. The normalized spacial score (nSPS) is 16.9. The molecule has 4 N–H and O–H groups in total. The Balaban J connectivity index is 1.74. The molecule has 1 aliphatic rings. The molecule has 0 spiro atoms. The van der Waals surface area contributed by atoms with E-state index in [-0.39, 0.29) is 0 Å². The first-order valence-electron chi connectivity index (χ1n) is 6.42. The van der Waals surface area contributed by atoms with Crippen LogP contribution in [0.15, 0.2) is 24.3 Å². The van der Waals surface area contributed by atoms with E-state index < -0.39 is 0 Å². The van der Waals surface area contributed by atoms with Crippen LogP contribution in [0.3, 0.4) is 0 Å². The van der Waals surface area contributed by atoms with Crippen LogP contribution in [0.4, 0.5) is 5.69 Å². The van der Waals surface area contributed by atoms with Gasteiger partial charge in [-0.3, -0.25) is 0 Å². The maximum absolute atomic E-state index is 5.94. The summed E-state index contributed by atoms with van der Waals surface area (Å²) in [5.41, 5.74) is 9.06. The summed E-state index contributed by atoms with van der Waals surface area (Å²) in [4.78, 5) is 3.40. The SMILES string of the molecule is Nc1cccc2cc(CNC3CCCC3)[nH]c12. The largest absolute Gasteiger partial charge is 0.397 e. The van der Waals surface area contributed by atoms with Crippen LogP contribution in [0, 0.1) is 0 Å². The number of benzene rings is 1. The molecule has 2 aromatic rings. The molecule has 3 rings (SSSR count). The van der Waals surface area contributed by atoms with E-state index in [9.17, 15) is 0 Å². The lowest BCUT2D eigenvalue weighted by atomic mass is 10.2.